The number of aromatic nitrogens is 3. The maximum absolute atomic E-state index is 13.1. The van der Waals surface area contributed by atoms with Crippen molar-refractivity contribution in [2.24, 2.45) is 0 Å². The number of imidazole rings is 1. The number of nitrogens with zero attached hydrogens (tertiary/aromatic N) is 2. The number of halogens is 1. The van der Waals surface area contributed by atoms with Crippen LogP contribution in [-0.2, 0) is 6.61 Å². The van der Waals surface area contributed by atoms with Gasteiger partial charge < -0.3 is 14.5 Å². The van der Waals surface area contributed by atoms with Crippen LogP contribution in [0.5, 0.6) is 11.5 Å². The van der Waals surface area contributed by atoms with Gasteiger partial charge in [-0.15, -0.1) is 0 Å². The summed E-state index contributed by atoms with van der Waals surface area (Å²) in [7, 11) is 1.60. The molecule has 2 aromatic heterocycles. The predicted molar refractivity (Wildman–Crippen MR) is 105 cm³/mol. The molecule has 0 aliphatic carbocycles. The fourth-order valence-electron chi connectivity index (χ4n) is 2.82. The molecule has 1 N–H and O–H groups in total. The maximum Gasteiger partial charge on any atom is 0.161 e. The van der Waals surface area contributed by atoms with Crippen LogP contribution in [0.15, 0.2) is 73.2 Å². The summed E-state index contributed by atoms with van der Waals surface area (Å²) in [6.45, 7) is 0.405. The van der Waals surface area contributed by atoms with E-state index in [1.165, 1.54) is 12.1 Å². The van der Waals surface area contributed by atoms with E-state index in [-0.39, 0.29) is 5.82 Å². The highest BCUT2D eigenvalue weighted by Crippen LogP contribution is 2.33. The first-order valence-electron chi connectivity index (χ1n) is 8.74. The Hall–Kier alpha value is -3.67. The highest BCUT2D eigenvalue weighted by Gasteiger charge is 2.10. The topological polar surface area (TPSA) is 60.0 Å². The van der Waals surface area contributed by atoms with Gasteiger partial charge in [-0.3, -0.25) is 4.98 Å². The van der Waals surface area contributed by atoms with Gasteiger partial charge >= 0.3 is 0 Å². The number of H-pyrrole nitrogens is 1. The molecule has 2 heterocycles. The third-order valence-corrected chi connectivity index (χ3v) is 4.29. The second kappa shape index (κ2) is 7.92. The third-order valence-electron chi connectivity index (χ3n) is 4.29. The van der Waals surface area contributed by atoms with E-state index in [1.807, 2.05) is 30.3 Å². The molecule has 0 unspecified atom stereocenters. The summed E-state index contributed by atoms with van der Waals surface area (Å²) in [5, 5.41) is 0. The summed E-state index contributed by atoms with van der Waals surface area (Å²) in [5.41, 5.74) is 3.53. The Bertz CT molecular complexity index is 1060. The second-order valence-electron chi connectivity index (χ2n) is 6.17. The molecule has 0 radical (unpaired) electrons. The molecule has 4 aromatic rings. The molecular formula is C22H18FN3O2. The number of hydrogen-bond donors (Lipinski definition) is 1. The van der Waals surface area contributed by atoms with Gasteiger partial charge in [-0.25, -0.2) is 9.37 Å². The van der Waals surface area contributed by atoms with Gasteiger partial charge in [0.1, 0.15) is 18.2 Å². The van der Waals surface area contributed by atoms with Crippen LogP contribution in [0.25, 0.3) is 22.6 Å². The van der Waals surface area contributed by atoms with Crippen LogP contribution in [0.2, 0.25) is 0 Å². The van der Waals surface area contributed by atoms with Gasteiger partial charge in [-0.1, -0.05) is 6.07 Å². The van der Waals surface area contributed by atoms with E-state index < -0.39 is 0 Å². The molecule has 0 bridgehead atoms. The summed E-state index contributed by atoms with van der Waals surface area (Å²) in [4.78, 5) is 11.7. The zero-order valence-electron chi connectivity index (χ0n) is 15.2. The van der Waals surface area contributed by atoms with Crippen LogP contribution in [0.4, 0.5) is 4.39 Å². The number of ether oxygens (including phenoxy) is 2. The highest BCUT2D eigenvalue weighted by atomic mass is 19.1. The molecule has 0 amide bonds. The van der Waals surface area contributed by atoms with Crippen LogP contribution < -0.4 is 9.47 Å². The lowest BCUT2D eigenvalue weighted by atomic mass is 10.1. The number of hydrogen-bond acceptors (Lipinski definition) is 4. The van der Waals surface area contributed by atoms with Crippen molar-refractivity contribution in [1.29, 1.82) is 0 Å². The quantitative estimate of drug-likeness (QED) is 0.523. The maximum atomic E-state index is 13.1. The lowest BCUT2D eigenvalue weighted by molar-refractivity contribution is 0.284. The van der Waals surface area contributed by atoms with Crippen molar-refractivity contribution < 1.29 is 13.9 Å². The van der Waals surface area contributed by atoms with E-state index >= 15 is 0 Å². The molecule has 140 valence electrons. The number of pyridine rings is 1. The molecular weight excluding hydrogens is 357 g/mol. The smallest absolute Gasteiger partial charge is 0.161 e. The molecule has 0 aliphatic heterocycles. The minimum absolute atomic E-state index is 0.276. The first kappa shape index (κ1) is 17.7. The van der Waals surface area contributed by atoms with Gasteiger partial charge in [0.25, 0.3) is 0 Å². The van der Waals surface area contributed by atoms with Gasteiger partial charge in [-0.2, -0.15) is 0 Å². The van der Waals surface area contributed by atoms with Gasteiger partial charge in [0.15, 0.2) is 11.5 Å². The average Bonchev–Trinajstić information content (AvgIpc) is 3.23. The third kappa shape index (κ3) is 3.86. The lowest BCUT2D eigenvalue weighted by Crippen LogP contribution is -1.98. The molecule has 0 saturated carbocycles. The zero-order valence-corrected chi connectivity index (χ0v) is 15.2. The number of aromatic amines is 1. The van der Waals surface area contributed by atoms with Crippen molar-refractivity contribution in [1.82, 2.24) is 15.0 Å². The first-order valence-corrected chi connectivity index (χ1v) is 8.74. The standard InChI is InChI=1S/C22H18FN3O2/c1-27-21-11-17(6-9-20(21)28-14-15-3-2-10-24-12-15)19-13-25-22(26-19)16-4-7-18(23)8-5-16/h2-13H,14H2,1H3,(H,25,26). The van der Waals surface area contributed by atoms with E-state index in [0.29, 0.717) is 23.9 Å². The van der Waals surface area contributed by atoms with Crippen molar-refractivity contribution in [3.8, 4) is 34.1 Å². The van der Waals surface area contributed by atoms with Crippen LogP contribution in [0.3, 0.4) is 0 Å². The molecule has 5 nitrogen and oxygen atoms in total. The molecule has 0 saturated heterocycles. The summed E-state index contributed by atoms with van der Waals surface area (Å²) in [5.74, 6) is 1.67. The zero-order chi connectivity index (χ0) is 19.3. The summed E-state index contributed by atoms with van der Waals surface area (Å²) in [6.07, 6.45) is 5.23. The Kier molecular flexibility index (Phi) is 5.01. The molecule has 6 heteroatoms. The van der Waals surface area contributed by atoms with Gasteiger partial charge in [0.2, 0.25) is 0 Å². The minimum Gasteiger partial charge on any atom is -0.493 e. The predicted octanol–water partition coefficient (Wildman–Crippen LogP) is 4.87. The first-order chi connectivity index (χ1) is 13.7. The van der Waals surface area contributed by atoms with Crippen LogP contribution >= 0.6 is 0 Å². The van der Waals surface area contributed by atoms with E-state index in [9.17, 15) is 4.39 Å². The summed E-state index contributed by atoms with van der Waals surface area (Å²) in [6, 6.07) is 15.7. The van der Waals surface area contributed by atoms with Crippen molar-refractivity contribution in [3.05, 3.63) is 84.6 Å². The monoisotopic (exact) mass is 375 g/mol. The van der Waals surface area contributed by atoms with E-state index in [2.05, 4.69) is 15.0 Å². The van der Waals surface area contributed by atoms with E-state index in [0.717, 1.165) is 22.4 Å². The van der Waals surface area contributed by atoms with Crippen molar-refractivity contribution in [2.45, 2.75) is 6.61 Å². The molecule has 28 heavy (non-hydrogen) atoms. The molecule has 4 rings (SSSR count). The second-order valence-corrected chi connectivity index (χ2v) is 6.17. The Morgan fingerprint density at radius 1 is 0.964 bits per heavy atom. The van der Waals surface area contributed by atoms with Crippen LogP contribution in [0, 0.1) is 5.82 Å². The molecule has 0 spiro atoms. The minimum atomic E-state index is -0.276. The number of benzene rings is 2. The van der Waals surface area contributed by atoms with Crippen molar-refractivity contribution in [3.63, 3.8) is 0 Å². The van der Waals surface area contributed by atoms with Gasteiger partial charge in [-0.05, 0) is 48.5 Å². The summed E-state index contributed by atoms with van der Waals surface area (Å²) < 4.78 is 24.5. The Morgan fingerprint density at radius 3 is 2.54 bits per heavy atom. The number of rotatable bonds is 6. The van der Waals surface area contributed by atoms with Gasteiger partial charge in [0.05, 0.1) is 19.0 Å². The van der Waals surface area contributed by atoms with Crippen molar-refractivity contribution in [2.75, 3.05) is 7.11 Å². The average molecular weight is 375 g/mol. The molecule has 2 aromatic carbocycles. The Balaban J connectivity index is 1.55. The number of nitrogens with one attached hydrogen (secondary N) is 1. The fourth-order valence-corrected chi connectivity index (χ4v) is 2.82. The Labute approximate surface area is 161 Å². The normalized spacial score (nSPS) is 10.6. The van der Waals surface area contributed by atoms with E-state index in [1.54, 1.807) is 37.8 Å². The molecule has 0 fully saturated rings. The SMILES string of the molecule is COc1cc(-c2cnc(-c3ccc(F)cc3)[nH]2)ccc1OCc1cccnc1. The Morgan fingerprint density at radius 2 is 1.79 bits per heavy atom. The van der Waals surface area contributed by atoms with Crippen LogP contribution in [-0.4, -0.2) is 22.1 Å². The molecule has 0 atom stereocenters. The largest absolute Gasteiger partial charge is 0.493 e. The lowest BCUT2D eigenvalue weighted by Gasteiger charge is -2.11. The molecule has 0 aliphatic rings. The highest BCUT2D eigenvalue weighted by molar-refractivity contribution is 5.67. The van der Waals surface area contributed by atoms with Crippen molar-refractivity contribution >= 4 is 0 Å². The van der Waals surface area contributed by atoms with Crippen LogP contribution in [0.1, 0.15) is 5.56 Å². The van der Waals surface area contributed by atoms with Gasteiger partial charge in [0, 0.05) is 29.1 Å². The fraction of sp³-hybridized carbons (Fsp3) is 0.0909. The summed E-state index contributed by atoms with van der Waals surface area (Å²) >= 11 is 0. The number of methoxy groups -OCH3 is 1. The van der Waals surface area contributed by atoms with E-state index in [4.69, 9.17) is 9.47 Å².